The lowest BCUT2D eigenvalue weighted by Crippen LogP contribution is -2.52. The van der Waals surface area contributed by atoms with Crippen molar-refractivity contribution in [3.05, 3.63) is 53.1 Å². The predicted octanol–water partition coefficient (Wildman–Crippen LogP) is 2.81. The van der Waals surface area contributed by atoms with Crippen LogP contribution in [0.25, 0.3) is 0 Å². The number of hydrogen-bond donors (Lipinski definition) is 4. The molecule has 2 aromatic carbocycles. The van der Waals surface area contributed by atoms with E-state index in [1.807, 2.05) is 12.1 Å². The SMILES string of the molecule is O=C(C[C@H]1CC[C@H](NC(=O)Nc2ccc3c(c2)OCO3)[C@@H](CO)O1)NCc1ccc(Cl)cc1. The van der Waals surface area contributed by atoms with Crippen LogP contribution in [0.2, 0.25) is 5.02 Å². The van der Waals surface area contributed by atoms with Crippen LogP contribution in [0.4, 0.5) is 10.5 Å². The number of nitrogens with one attached hydrogen (secondary N) is 3. The van der Waals surface area contributed by atoms with E-state index in [0.29, 0.717) is 41.6 Å². The third kappa shape index (κ3) is 6.28. The minimum Gasteiger partial charge on any atom is -0.454 e. The van der Waals surface area contributed by atoms with Crippen molar-refractivity contribution < 1.29 is 28.9 Å². The van der Waals surface area contributed by atoms with Crippen LogP contribution >= 0.6 is 11.6 Å². The summed E-state index contributed by atoms with van der Waals surface area (Å²) in [6.45, 7) is 0.289. The first-order chi connectivity index (χ1) is 16.0. The summed E-state index contributed by atoms with van der Waals surface area (Å²) in [6.07, 6.45) is 0.409. The zero-order valence-corrected chi connectivity index (χ0v) is 18.6. The lowest BCUT2D eigenvalue weighted by Gasteiger charge is -2.35. The molecule has 3 amide bonds. The number of anilines is 1. The molecule has 1 saturated heterocycles. The van der Waals surface area contributed by atoms with Gasteiger partial charge in [-0.15, -0.1) is 0 Å². The summed E-state index contributed by atoms with van der Waals surface area (Å²) in [6, 6.07) is 11.6. The smallest absolute Gasteiger partial charge is 0.319 e. The number of urea groups is 1. The Hall–Kier alpha value is -3.01. The quantitative estimate of drug-likeness (QED) is 0.489. The maximum Gasteiger partial charge on any atom is 0.319 e. The Morgan fingerprint density at radius 2 is 1.85 bits per heavy atom. The summed E-state index contributed by atoms with van der Waals surface area (Å²) >= 11 is 5.87. The highest BCUT2D eigenvalue weighted by atomic mass is 35.5. The topological polar surface area (TPSA) is 118 Å². The van der Waals surface area contributed by atoms with Crippen LogP contribution in [0, 0.1) is 0 Å². The van der Waals surface area contributed by atoms with Crippen molar-refractivity contribution in [1.82, 2.24) is 10.6 Å². The maximum atomic E-state index is 12.4. The van der Waals surface area contributed by atoms with Gasteiger partial charge in [-0.2, -0.15) is 0 Å². The Kier molecular flexibility index (Phi) is 7.54. The summed E-state index contributed by atoms with van der Waals surface area (Å²) in [4.78, 5) is 24.7. The molecule has 3 atom stereocenters. The molecule has 4 N–H and O–H groups in total. The van der Waals surface area contributed by atoms with E-state index in [-0.39, 0.29) is 37.9 Å². The molecule has 0 spiro atoms. The van der Waals surface area contributed by atoms with Gasteiger partial charge in [-0.3, -0.25) is 4.79 Å². The minimum atomic E-state index is -0.602. The molecule has 2 aliphatic heterocycles. The Balaban J connectivity index is 1.22. The van der Waals surface area contributed by atoms with Crippen molar-refractivity contribution >= 4 is 29.2 Å². The van der Waals surface area contributed by atoms with E-state index in [1.165, 1.54) is 0 Å². The van der Waals surface area contributed by atoms with Gasteiger partial charge < -0.3 is 35.3 Å². The van der Waals surface area contributed by atoms with Crippen LogP contribution < -0.4 is 25.4 Å². The van der Waals surface area contributed by atoms with E-state index in [1.54, 1.807) is 30.3 Å². The van der Waals surface area contributed by atoms with E-state index in [4.69, 9.17) is 25.8 Å². The number of amides is 3. The fraction of sp³-hybridized carbons (Fsp3) is 0.391. The van der Waals surface area contributed by atoms with Gasteiger partial charge in [-0.1, -0.05) is 23.7 Å². The first-order valence-corrected chi connectivity index (χ1v) is 11.1. The van der Waals surface area contributed by atoms with Crippen molar-refractivity contribution in [1.29, 1.82) is 0 Å². The zero-order chi connectivity index (χ0) is 23.2. The summed E-state index contributed by atoms with van der Waals surface area (Å²) < 4.78 is 16.5. The molecule has 0 radical (unpaired) electrons. The maximum absolute atomic E-state index is 12.4. The lowest BCUT2D eigenvalue weighted by atomic mass is 9.97. The molecule has 0 aromatic heterocycles. The number of fused-ring (bicyclic) bond motifs is 1. The summed E-state index contributed by atoms with van der Waals surface area (Å²) in [5.74, 6) is 1.06. The molecule has 9 nitrogen and oxygen atoms in total. The van der Waals surface area contributed by atoms with Gasteiger partial charge in [0.25, 0.3) is 0 Å². The lowest BCUT2D eigenvalue weighted by molar-refractivity contribution is -0.130. The van der Waals surface area contributed by atoms with Gasteiger partial charge in [0.2, 0.25) is 12.7 Å². The van der Waals surface area contributed by atoms with E-state index in [0.717, 1.165) is 5.56 Å². The summed E-state index contributed by atoms with van der Waals surface area (Å²) in [7, 11) is 0. The number of ether oxygens (including phenoxy) is 3. The Labute approximate surface area is 196 Å². The van der Waals surface area contributed by atoms with Crippen molar-refractivity contribution in [3.8, 4) is 11.5 Å². The molecule has 0 saturated carbocycles. The molecule has 1 fully saturated rings. The third-order valence-electron chi connectivity index (χ3n) is 5.56. The van der Waals surface area contributed by atoms with E-state index >= 15 is 0 Å². The molecule has 10 heteroatoms. The number of carbonyl (C=O) groups is 2. The van der Waals surface area contributed by atoms with Crippen molar-refractivity contribution in [2.75, 3.05) is 18.7 Å². The monoisotopic (exact) mass is 475 g/mol. The Bertz CT molecular complexity index is 987. The second-order valence-corrected chi connectivity index (χ2v) is 8.37. The molecule has 176 valence electrons. The van der Waals surface area contributed by atoms with E-state index in [9.17, 15) is 14.7 Å². The molecular formula is C23H26ClN3O6. The number of hydrogen-bond acceptors (Lipinski definition) is 6. The molecule has 2 aliphatic rings. The molecule has 33 heavy (non-hydrogen) atoms. The first-order valence-electron chi connectivity index (χ1n) is 10.7. The van der Waals surface area contributed by atoms with Crippen molar-refractivity contribution in [2.45, 2.75) is 44.1 Å². The molecule has 0 aliphatic carbocycles. The number of carbonyl (C=O) groups excluding carboxylic acids is 2. The average Bonchev–Trinajstić information content (AvgIpc) is 3.27. The number of halogens is 1. The molecule has 0 unspecified atom stereocenters. The third-order valence-corrected chi connectivity index (χ3v) is 5.81. The average molecular weight is 476 g/mol. The van der Waals surface area contributed by atoms with Gasteiger partial charge in [0.15, 0.2) is 11.5 Å². The molecular weight excluding hydrogens is 450 g/mol. The Morgan fingerprint density at radius 1 is 1.06 bits per heavy atom. The fourth-order valence-electron chi connectivity index (χ4n) is 3.84. The van der Waals surface area contributed by atoms with Gasteiger partial charge in [-0.25, -0.2) is 4.79 Å². The number of rotatable bonds is 7. The van der Waals surface area contributed by atoms with Crippen molar-refractivity contribution in [3.63, 3.8) is 0 Å². The summed E-state index contributed by atoms with van der Waals surface area (Å²) in [5.41, 5.74) is 1.51. The highest BCUT2D eigenvalue weighted by Gasteiger charge is 2.33. The van der Waals surface area contributed by atoms with Crippen molar-refractivity contribution in [2.24, 2.45) is 0 Å². The Morgan fingerprint density at radius 3 is 2.64 bits per heavy atom. The number of aliphatic hydroxyl groups excluding tert-OH is 1. The largest absolute Gasteiger partial charge is 0.454 e. The first kappa shape index (κ1) is 23.2. The van der Waals surface area contributed by atoms with Gasteiger partial charge in [0.1, 0.15) is 6.10 Å². The number of aliphatic hydroxyl groups is 1. The van der Waals surface area contributed by atoms with Gasteiger partial charge >= 0.3 is 6.03 Å². The standard InChI is InChI=1S/C23H26ClN3O6/c24-15-3-1-14(2-4-15)11-25-22(29)10-17-6-7-18(21(12-28)33-17)27-23(30)26-16-5-8-19-20(9-16)32-13-31-19/h1-5,8-9,17-18,21,28H,6-7,10-13H2,(H,25,29)(H2,26,27,30)/t17-,18+,21-/m1/s1. The second kappa shape index (κ2) is 10.7. The second-order valence-electron chi connectivity index (χ2n) is 7.94. The van der Waals surface area contributed by atoms with Crippen LogP contribution in [0.5, 0.6) is 11.5 Å². The van der Waals surface area contributed by atoms with Crippen LogP contribution in [0.3, 0.4) is 0 Å². The molecule has 0 bridgehead atoms. The van der Waals surface area contributed by atoms with Gasteiger partial charge in [0.05, 0.1) is 25.2 Å². The van der Waals surface area contributed by atoms with Crippen LogP contribution in [0.1, 0.15) is 24.8 Å². The van der Waals surface area contributed by atoms with E-state index < -0.39 is 12.1 Å². The zero-order valence-electron chi connectivity index (χ0n) is 17.9. The van der Waals surface area contributed by atoms with Crippen LogP contribution in [-0.4, -0.2) is 48.7 Å². The van der Waals surface area contributed by atoms with Crippen LogP contribution in [0.15, 0.2) is 42.5 Å². The van der Waals surface area contributed by atoms with Gasteiger partial charge in [-0.05, 0) is 42.7 Å². The van der Waals surface area contributed by atoms with Gasteiger partial charge in [0, 0.05) is 23.3 Å². The minimum absolute atomic E-state index is 0.140. The highest BCUT2D eigenvalue weighted by Crippen LogP contribution is 2.34. The molecule has 2 heterocycles. The predicted molar refractivity (Wildman–Crippen MR) is 121 cm³/mol. The number of benzene rings is 2. The van der Waals surface area contributed by atoms with Crippen LogP contribution in [-0.2, 0) is 16.1 Å². The fourth-order valence-corrected chi connectivity index (χ4v) is 3.96. The highest BCUT2D eigenvalue weighted by molar-refractivity contribution is 6.30. The normalized spacial score (nSPS) is 21.3. The molecule has 2 aromatic rings. The van der Waals surface area contributed by atoms with E-state index in [2.05, 4.69) is 16.0 Å². The summed E-state index contributed by atoms with van der Waals surface area (Å²) in [5, 5.41) is 18.9. The molecule has 4 rings (SSSR count).